The summed E-state index contributed by atoms with van der Waals surface area (Å²) in [6.45, 7) is 3.22. The van der Waals surface area contributed by atoms with Crippen LogP contribution in [0.4, 0.5) is 0 Å². The summed E-state index contributed by atoms with van der Waals surface area (Å²) in [5, 5.41) is 9.40. The van der Waals surface area contributed by atoms with E-state index in [1.807, 2.05) is 4.90 Å². The van der Waals surface area contributed by atoms with Crippen LogP contribution in [0.3, 0.4) is 0 Å². The average Bonchev–Trinajstić information content (AvgIpc) is 2.44. The summed E-state index contributed by atoms with van der Waals surface area (Å²) in [6.07, 6.45) is 10.4. The highest BCUT2D eigenvalue weighted by atomic mass is 16.2. The lowest BCUT2D eigenvalue weighted by atomic mass is 9.44. The number of amides is 1. The molecule has 1 saturated heterocycles. The third kappa shape index (κ3) is 2.02. The van der Waals surface area contributed by atoms with Crippen LogP contribution in [0, 0.1) is 34.0 Å². The SMILES string of the molecule is CC12CC3CC(C1)CC(C(=O)N1CCCCC1C#N)(C3)C2. The van der Waals surface area contributed by atoms with Gasteiger partial charge in [0.25, 0.3) is 0 Å². The third-order valence-corrected chi connectivity index (χ3v) is 6.72. The number of rotatable bonds is 1. The molecule has 4 aliphatic carbocycles. The molecule has 0 N–H and O–H groups in total. The molecule has 3 heteroatoms. The number of piperidine rings is 1. The minimum atomic E-state index is -0.160. The van der Waals surface area contributed by atoms with Crippen molar-refractivity contribution >= 4 is 5.91 Å². The van der Waals surface area contributed by atoms with Crippen molar-refractivity contribution in [2.24, 2.45) is 22.7 Å². The van der Waals surface area contributed by atoms with Crippen molar-refractivity contribution in [3.8, 4) is 6.07 Å². The van der Waals surface area contributed by atoms with Gasteiger partial charge in [0.1, 0.15) is 6.04 Å². The van der Waals surface area contributed by atoms with E-state index in [1.165, 1.54) is 19.3 Å². The topological polar surface area (TPSA) is 44.1 Å². The number of nitrogens with zero attached hydrogens (tertiary/aromatic N) is 2. The molecule has 0 spiro atoms. The summed E-state index contributed by atoms with van der Waals surface area (Å²) in [7, 11) is 0. The zero-order chi connectivity index (χ0) is 14.7. The Bertz CT molecular complexity index is 492. The van der Waals surface area contributed by atoms with Gasteiger partial charge in [-0.15, -0.1) is 0 Å². The molecule has 1 amide bonds. The fourth-order valence-electron chi connectivity index (χ4n) is 6.58. The van der Waals surface area contributed by atoms with Crippen molar-refractivity contribution in [3.63, 3.8) is 0 Å². The molecule has 3 atom stereocenters. The van der Waals surface area contributed by atoms with Crippen molar-refractivity contribution in [1.82, 2.24) is 4.90 Å². The van der Waals surface area contributed by atoms with Crippen LogP contribution in [0.25, 0.3) is 0 Å². The molecule has 21 heavy (non-hydrogen) atoms. The van der Waals surface area contributed by atoms with Gasteiger partial charge < -0.3 is 4.90 Å². The molecule has 1 aliphatic heterocycles. The van der Waals surface area contributed by atoms with Crippen molar-refractivity contribution in [1.29, 1.82) is 5.26 Å². The monoisotopic (exact) mass is 286 g/mol. The highest BCUT2D eigenvalue weighted by Crippen LogP contribution is 2.65. The predicted octanol–water partition coefficient (Wildman–Crippen LogP) is 3.50. The summed E-state index contributed by atoms with van der Waals surface area (Å²) >= 11 is 0. The van der Waals surface area contributed by atoms with E-state index in [-0.39, 0.29) is 11.5 Å². The molecule has 5 fully saturated rings. The lowest BCUT2D eigenvalue weighted by Gasteiger charge is -2.61. The Morgan fingerprint density at radius 3 is 2.52 bits per heavy atom. The first-order valence-corrected chi connectivity index (χ1v) is 8.74. The van der Waals surface area contributed by atoms with Crippen molar-refractivity contribution < 1.29 is 4.79 Å². The van der Waals surface area contributed by atoms with E-state index in [2.05, 4.69) is 13.0 Å². The van der Waals surface area contributed by atoms with E-state index in [1.54, 1.807) is 0 Å². The van der Waals surface area contributed by atoms with E-state index < -0.39 is 0 Å². The van der Waals surface area contributed by atoms with Crippen molar-refractivity contribution in [2.75, 3.05) is 6.54 Å². The fourth-order valence-corrected chi connectivity index (χ4v) is 6.58. The summed E-state index contributed by atoms with van der Waals surface area (Å²) in [6, 6.07) is 2.22. The number of likely N-dealkylation sites (tertiary alicyclic amines) is 1. The quantitative estimate of drug-likeness (QED) is 0.740. The van der Waals surface area contributed by atoms with Gasteiger partial charge in [-0.25, -0.2) is 0 Å². The fraction of sp³-hybridized carbons (Fsp3) is 0.889. The van der Waals surface area contributed by atoms with Crippen molar-refractivity contribution in [2.45, 2.75) is 70.8 Å². The average molecular weight is 286 g/mol. The molecule has 0 aromatic rings. The Morgan fingerprint density at radius 2 is 1.90 bits per heavy atom. The van der Waals surface area contributed by atoms with Gasteiger partial charge in [0.2, 0.25) is 5.91 Å². The maximum atomic E-state index is 13.3. The molecular weight excluding hydrogens is 260 g/mol. The molecule has 3 unspecified atom stereocenters. The van der Waals surface area contributed by atoms with Gasteiger partial charge in [-0.2, -0.15) is 5.26 Å². The molecule has 0 aromatic carbocycles. The molecule has 3 nitrogen and oxygen atoms in total. The summed E-state index contributed by atoms with van der Waals surface area (Å²) in [5.74, 6) is 1.88. The molecular formula is C18H26N2O. The number of hydrogen-bond acceptors (Lipinski definition) is 2. The van der Waals surface area contributed by atoms with Crippen LogP contribution >= 0.6 is 0 Å². The molecule has 4 saturated carbocycles. The van der Waals surface area contributed by atoms with E-state index in [4.69, 9.17) is 0 Å². The first-order chi connectivity index (χ1) is 10.0. The number of nitriles is 1. The zero-order valence-electron chi connectivity index (χ0n) is 13.1. The molecule has 114 valence electrons. The van der Waals surface area contributed by atoms with Crippen LogP contribution in [0.15, 0.2) is 0 Å². The second-order valence-corrected chi connectivity index (χ2v) is 8.69. The van der Waals surface area contributed by atoms with Crippen molar-refractivity contribution in [3.05, 3.63) is 0 Å². The van der Waals surface area contributed by atoms with Crippen LogP contribution in [0.1, 0.15) is 64.7 Å². The first-order valence-electron chi connectivity index (χ1n) is 8.74. The van der Waals surface area contributed by atoms with Crippen LogP contribution in [-0.4, -0.2) is 23.4 Å². The number of carbonyl (C=O) groups is 1. The van der Waals surface area contributed by atoms with Crippen LogP contribution in [0.2, 0.25) is 0 Å². The maximum absolute atomic E-state index is 13.3. The largest absolute Gasteiger partial charge is 0.326 e. The van der Waals surface area contributed by atoms with Crippen LogP contribution in [0.5, 0.6) is 0 Å². The normalized spacial score (nSPS) is 48.2. The smallest absolute Gasteiger partial charge is 0.229 e. The summed E-state index contributed by atoms with van der Waals surface area (Å²) in [5.41, 5.74) is 0.295. The highest BCUT2D eigenvalue weighted by molar-refractivity contribution is 5.84. The predicted molar refractivity (Wildman–Crippen MR) is 80.2 cm³/mol. The van der Waals surface area contributed by atoms with Gasteiger partial charge in [0.05, 0.1) is 11.5 Å². The molecule has 0 aromatic heterocycles. The van der Waals surface area contributed by atoms with E-state index in [0.717, 1.165) is 56.9 Å². The molecule has 4 bridgehead atoms. The summed E-state index contributed by atoms with van der Waals surface area (Å²) in [4.78, 5) is 15.3. The second kappa shape index (κ2) is 4.48. The van der Waals surface area contributed by atoms with Gasteiger partial charge in [-0.3, -0.25) is 4.79 Å². The molecule has 5 aliphatic rings. The van der Waals surface area contributed by atoms with E-state index >= 15 is 0 Å². The Balaban J connectivity index is 1.63. The summed E-state index contributed by atoms with van der Waals surface area (Å²) < 4.78 is 0. The minimum absolute atomic E-state index is 0.106. The standard InChI is InChI=1S/C18H26N2O/c1-17-7-13-6-14(8-17)10-18(9-13,12-17)16(21)20-5-3-2-4-15(20)11-19/h13-15H,2-10,12H2,1H3. The van der Waals surface area contributed by atoms with E-state index in [0.29, 0.717) is 11.3 Å². The second-order valence-electron chi connectivity index (χ2n) is 8.69. The van der Waals surface area contributed by atoms with Gasteiger partial charge in [-0.1, -0.05) is 6.92 Å². The van der Waals surface area contributed by atoms with Gasteiger partial charge in [0.15, 0.2) is 0 Å². The number of carbonyl (C=O) groups excluding carboxylic acids is 1. The van der Waals surface area contributed by atoms with E-state index in [9.17, 15) is 10.1 Å². The Hall–Kier alpha value is -1.04. The molecule has 5 rings (SSSR count). The van der Waals surface area contributed by atoms with Crippen LogP contribution < -0.4 is 0 Å². The Morgan fingerprint density at radius 1 is 1.19 bits per heavy atom. The Labute approximate surface area is 127 Å². The maximum Gasteiger partial charge on any atom is 0.229 e. The zero-order valence-corrected chi connectivity index (χ0v) is 13.1. The Kier molecular flexibility index (Phi) is 2.90. The van der Waals surface area contributed by atoms with Gasteiger partial charge >= 0.3 is 0 Å². The first kappa shape index (κ1) is 13.6. The number of hydrogen-bond donors (Lipinski definition) is 0. The van der Waals surface area contributed by atoms with Gasteiger partial charge in [0, 0.05) is 6.54 Å². The van der Waals surface area contributed by atoms with Crippen LogP contribution in [-0.2, 0) is 4.79 Å². The molecule has 0 radical (unpaired) electrons. The third-order valence-electron chi connectivity index (χ3n) is 6.72. The molecule has 1 heterocycles. The lowest BCUT2D eigenvalue weighted by Crippen LogP contribution is -2.59. The highest BCUT2D eigenvalue weighted by Gasteiger charge is 2.60. The van der Waals surface area contributed by atoms with Gasteiger partial charge in [-0.05, 0) is 75.0 Å². The minimum Gasteiger partial charge on any atom is -0.326 e. The lowest BCUT2D eigenvalue weighted by molar-refractivity contribution is -0.168.